The topological polar surface area (TPSA) is 250 Å². The van der Waals surface area contributed by atoms with Gasteiger partial charge in [0.2, 0.25) is 0 Å². The van der Waals surface area contributed by atoms with Crippen molar-refractivity contribution >= 4 is 11.8 Å². The van der Waals surface area contributed by atoms with Crippen LogP contribution in [0.25, 0.3) is 23.2 Å². The molecule has 20 heteroatoms. The fourth-order valence-electron chi connectivity index (χ4n) is 10.5. The lowest BCUT2D eigenvalue weighted by Crippen LogP contribution is -2.48. The van der Waals surface area contributed by atoms with Gasteiger partial charge in [-0.1, -0.05) is 54.9 Å². The summed E-state index contributed by atoms with van der Waals surface area (Å²) < 4.78 is 16.2. The maximum Gasteiger partial charge on any atom is 0.331 e. The number of unbranched alkanes of at least 4 members (excludes halogenated alkanes) is 2. The van der Waals surface area contributed by atoms with Crippen molar-refractivity contribution in [2.75, 3.05) is 0 Å². The molecule has 5 aliphatic rings. The van der Waals surface area contributed by atoms with Gasteiger partial charge in [-0.3, -0.25) is 47.4 Å². The average Bonchev–Trinajstić information content (AvgIpc) is 4.28. The van der Waals surface area contributed by atoms with Crippen LogP contribution in [-0.4, -0.2) is 60.3 Å². The van der Waals surface area contributed by atoms with Crippen molar-refractivity contribution in [1.82, 2.24) is 59.2 Å². The number of aromatic nitrogens is 10. The molecule has 11 rings (SSSR count). The van der Waals surface area contributed by atoms with E-state index in [1.165, 1.54) is 50.4 Å². The van der Waals surface area contributed by atoms with Crippen LogP contribution in [0, 0.1) is 17.3 Å². The van der Waals surface area contributed by atoms with Gasteiger partial charge in [-0.25, -0.2) is 9.59 Å². The lowest BCUT2D eigenvalue weighted by atomic mass is 9.83. The largest absolute Gasteiger partial charge is 0.332 e. The zero-order valence-electron chi connectivity index (χ0n) is 41.0. The van der Waals surface area contributed by atoms with Crippen LogP contribution < -0.4 is 33.1 Å². The van der Waals surface area contributed by atoms with Gasteiger partial charge in [-0.05, 0) is 112 Å². The van der Waals surface area contributed by atoms with Crippen LogP contribution >= 0.6 is 0 Å². The predicted octanol–water partition coefficient (Wildman–Crippen LogP) is 5.72. The second-order valence-electron chi connectivity index (χ2n) is 20.1. The first kappa shape index (κ1) is 49.0. The summed E-state index contributed by atoms with van der Waals surface area (Å²) in [5, 5.41) is 13.4. The zero-order chi connectivity index (χ0) is 50.6. The summed E-state index contributed by atoms with van der Waals surface area (Å²) in [5.41, 5.74) is 2.10. The molecule has 2 N–H and O–H groups in total. The van der Waals surface area contributed by atoms with Crippen molar-refractivity contribution in [3.63, 3.8) is 0 Å². The Morgan fingerprint density at radius 2 is 1.10 bits per heavy atom. The van der Waals surface area contributed by atoms with Gasteiger partial charge in [0.1, 0.15) is 22.8 Å². The summed E-state index contributed by atoms with van der Waals surface area (Å²) in [6.45, 7) is 9.07. The molecule has 380 valence electrons. The van der Waals surface area contributed by atoms with Gasteiger partial charge in [0, 0.05) is 75.7 Å². The van der Waals surface area contributed by atoms with Gasteiger partial charge >= 0.3 is 11.4 Å². The highest BCUT2D eigenvalue weighted by Crippen LogP contribution is 2.63. The monoisotopic (exact) mass is 992 g/mol. The summed E-state index contributed by atoms with van der Waals surface area (Å²) >= 11 is 0. The molecule has 2 amide bonds. The molecule has 2 aliphatic heterocycles. The van der Waals surface area contributed by atoms with Crippen LogP contribution in [-0.2, 0) is 51.9 Å². The summed E-state index contributed by atoms with van der Waals surface area (Å²) in [4.78, 5) is 96.0. The molecule has 73 heavy (non-hydrogen) atoms. The standard InChI is InChI=1S/C28H32N6O4.C25H28N6O4/c1-18-17-20-23(24(35)30-18)33(16-6-11-28(12-13-28)19-9-10-19)27(37)34(26(20)36)15-5-3-8-22-31-25(38-32-22)21-7-2-4-14-29-21;1-16-15-18-21(22(32)27-16)30(14-11-17-7-6-8-17)25(34)31(24(18)33)13-5-3-10-20-28-23(35-29-20)19-9-2-4-12-26-19/h2,4,7,14,19H,1,3,5-6,8-13,15-17H2,(H,30,35);2,4,9,12,17H,1,3,5-8,10-11,13-15H2,(H,27,32). The first-order valence-corrected chi connectivity index (χ1v) is 25.7. The Morgan fingerprint density at radius 1 is 0.603 bits per heavy atom. The van der Waals surface area contributed by atoms with E-state index < -0.39 is 34.3 Å². The molecule has 6 aromatic rings. The fraction of sp³-hybridized carbons (Fsp3) is 0.472. The Morgan fingerprint density at radius 3 is 1.53 bits per heavy atom. The maximum atomic E-state index is 13.5. The number of nitrogens with zero attached hydrogens (tertiary/aromatic N) is 10. The van der Waals surface area contributed by atoms with Crippen LogP contribution in [0.2, 0.25) is 0 Å². The SMILES string of the molecule is C=C1Cc2c(n(CCC3CCC3)c(=O)n(CCCCc3noc(-c4ccccn4)n3)c2=O)C(=O)N1.C=C1Cc2c(n(CCCC3(C4CC4)CC3)c(=O)n(CCCCc3noc(-c4ccccn4)n3)c2=O)C(=O)N1. The van der Waals surface area contributed by atoms with Gasteiger partial charge in [0.15, 0.2) is 11.6 Å². The number of amides is 2. The van der Waals surface area contributed by atoms with E-state index in [0.717, 1.165) is 38.0 Å². The number of carbonyl (C=O) groups excluding carboxylic acids is 2. The minimum atomic E-state index is -0.424. The molecular weight excluding hydrogens is 933 g/mol. The van der Waals surface area contributed by atoms with Gasteiger partial charge in [-0.15, -0.1) is 0 Å². The lowest BCUT2D eigenvalue weighted by molar-refractivity contribution is 0.0936. The van der Waals surface area contributed by atoms with Gasteiger partial charge in [0.25, 0.3) is 34.7 Å². The summed E-state index contributed by atoms with van der Waals surface area (Å²) in [5.74, 6) is 2.40. The third kappa shape index (κ3) is 10.8. The zero-order valence-corrected chi connectivity index (χ0v) is 41.0. The first-order chi connectivity index (χ1) is 35.5. The molecule has 20 nitrogen and oxygen atoms in total. The number of rotatable bonds is 20. The summed E-state index contributed by atoms with van der Waals surface area (Å²) in [6, 6.07) is 10.9. The van der Waals surface area contributed by atoms with Crippen molar-refractivity contribution in [3.05, 3.63) is 149 Å². The van der Waals surface area contributed by atoms with E-state index in [0.29, 0.717) is 120 Å². The first-order valence-electron chi connectivity index (χ1n) is 25.7. The van der Waals surface area contributed by atoms with Crippen LogP contribution in [0.1, 0.15) is 134 Å². The molecule has 3 fully saturated rings. The Labute approximate surface area is 419 Å². The van der Waals surface area contributed by atoms with E-state index in [-0.39, 0.29) is 37.3 Å². The molecule has 0 atom stereocenters. The quantitative estimate of drug-likeness (QED) is 0.0870. The van der Waals surface area contributed by atoms with Crippen LogP contribution in [0.5, 0.6) is 0 Å². The highest BCUT2D eigenvalue weighted by Gasteiger charge is 2.52. The molecule has 0 saturated heterocycles. The Hall–Kier alpha value is -7.64. The lowest BCUT2D eigenvalue weighted by Gasteiger charge is -2.27. The third-order valence-corrected chi connectivity index (χ3v) is 15.0. The predicted molar refractivity (Wildman–Crippen MR) is 267 cm³/mol. The van der Waals surface area contributed by atoms with Crippen molar-refractivity contribution in [2.24, 2.45) is 17.3 Å². The summed E-state index contributed by atoms with van der Waals surface area (Å²) in [7, 11) is 0. The Kier molecular flexibility index (Phi) is 14.2. The molecule has 0 spiro atoms. The molecule has 3 saturated carbocycles. The number of pyridine rings is 2. The molecule has 0 radical (unpaired) electrons. The van der Waals surface area contributed by atoms with E-state index in [2.05, 4.69) is 54.0 Å². The average molecular weight is 993 g/mol. The van der Waals surface area contributed by atoms with Gasteiger partial charge in [-0.2, -0.15) is 9.97 Å². The van der Waals surface area contributed by atoms with E-state index in [1.54, 1.807) is 24.5 Å². The van der Waals surface area contributed by atoms with Gasteiger partial charge in [0.05, 0.1) is 11.1 Å². The van der Waals surface area contributed by atoms with Crippen molar-refractivity contribution in [3.8, 4) is 23.2 Å². The van der Waals surface area contributed by atoms with Crippen molar-refractivity contribution in [1.29, 1.82) is 0 Å². The molecule has 6 aromatic heterocycles. The highest BCUT2D eigenvalue weighted by atomic mass is 16.5. The smallest absolute Gasteiger partial charge is 0.331 e. The molecule has 0 bridgehead atoms. The van der Waals surface area contributed by atoms with Gasteiger partial charge < -0.3 is 19.7 Å². The second-order valence-corrected chi connectivity index (χ2v) is 20.1. The van der Waals surface area contributed by atoms with E-state index >= 15 is 0 Å². The molecule has 0 aromatic carbocycles. The number of nitrogens with one attached hydrogen (secondary N) is 2. The molecule has 0 unspecified atom stereocenters. The maximum absolute atomic E-state index is 13.5. The number of allylic oxidation sites excluding steroid dienone is 2. The number of fused-ring (bicyclic) bond motifs is 2. The van der Waals surface area contributed by atoms with Crippen LogP contribution in [0.4, 0.5) is 0 Å². The Bertz CT molecular complexity index is 3300. The molecular formula is C53H60N12O8. The molecule has 8 heterocycles. The Balaban J connectivity index is 0.000000168. The second kappa shape index (κ2) is 21.2. The number of aryl methyl sites for hydroxylation is 2. The number of hydrogen-bond donors (Lipinski definition) is 2. The van der Waals surface area contributed by atoms with Crippen LogP contribution in [0.3, 0.4) is 0 Å². The summed E-state index contributed by atoms with van der Waals surface area (Å²) in [6.07, 6.45) is 18.8. The molecule has 3 aliphatic carbocycles. The number of hydrogen-bond acceptors (Lipinski definition) is 14. The normalized spacial score (nSPS) is 16.7. The highest BCUT2D eigenvalue weighted by molar-refractivity contribution is 5.97. The van der Waals surface area contributed by atoms with E-state index in [1.807, 2.05) is 24.3 Å². The minimum Gasteiger partial charge on any atom is -0.332 e. The number of carbonyl (C=O) groups is 2. The van der Waals surface area contributed by atoms with Crippen molar-refractivity contribution < 1.29 is 18.6 Å². The fourth-order valence-corrected chi connectivity index (χ4v) is 10.5. The minimum absolute atomic E-state index is 0.192. The van der Waals surface area contributed by atoms with Crippen molar-refractivity contribution in [2.45, 2.75) is 142 Å². The van der Waals surface area contributed by atoms with E-state index in [9.17, 15) is 28.8 Å². The third-order valence-electron chi connectivity index (χ3n) is 15.0. The van der Waals surface area contributed by atoms with E-state index in [4.69, 9.17) is 9.05 Å². The van der Waals surface area contributed by atoms with Crippen LogP contribution in [0.15, 0.2) is 102 Å².